The van der Waals surface area contributed by atoms with Gasteiger partial charge in [-0.1, -0.05) is 0 Å². The highest BCUT2D eigenvalue weighted by Crippen LogP contribution is 2.30. The third kappa shape index (κ3) is 2.87. The maximum absolute atomic E-state index is 11.6. The number of carbonyl (C=O) groups is 1. The molecule has 0 spiro atoms. The fourth-order valence-corrected chi connectivity index (χ4v) is 3.01. The van der Waals surface area contributed by atoms with E-state index in [2.05, 4.69) is 15.0 Å². The number of carbonyl (C=O) groups excluding carboxylic acids is 1. The van der Waals surface area contributed by atoms with Gasteiger partial charge in [0.05, 0.1) is 10.6 Å². The molecule has 0 aliphatic heterocycles. The van der Waals surface area contributed by atoms with Crippen LogP contribution in [0, 0.1) is 6.92 Å². The summed E-state index contributed by atoms with van der Waals surface area (Å²) in [5.41, 5.74) is 2.06. The van der Waals surface area contributed by atoms with Crippen LogP contribution >= 0.6 is 11.3 Å². The van der Waals surface area contributed by atoms with Gasteiger partial charge in [0.2, 0.25) is 0 Å². The van der Waals surface area contributed by atoms with Crippen molar-refractivity contribution in [3.63, 3.8) is 0 Å². The number of pyridine rings is 1. The number of hydrogen-bond acceptors (Lipinski definition) is 5. The Morgan fingerprint density at radius 1 is 1.18 bits per heavy atom. The largest absolute Gasteiger partial charge is 0.311 e. The Morgan fingerprint density at radius 3 is 2.64 bits per heavy atom. The fraction of sp³-hybridized carbons (Fsp3) is 0.125. The molecule has 3 aromatic heterocycles. The lowest BCUT2D eigenvalue weighted by Crippen LogP contribution is -2.08. The first-order valence-electron chi connectivity index (χ1n) is 6.67. The Hall–Kier alpha value is -2.60. The minimum absolute atomic E-state index is 0.0484. The van der Waals surface area contributed by atoms with Crippen molar-refractivity contribution in [1.82, 2.24) is 15.0 Å². The van der Waals surface area contributed by atoms with Gasteiger partial charge >= 0.3 is 0 Å². The van der Waals surface area contributed by atoms with Crippen molar-refractivity contribution in [2.45, 2.75) is 13.8 Å². The van der Waals surface area contributed by atoms with Crippen molar-refractivity contribution in [3.05, 3.63) is 57.7 Å². The van der Waals surface area contributed by atoms with Crippen LogP contribution in [-0.2, 0) is 0 Å². The van der Waals surface area contributed by atoms with Gasteiger partial charge in [-0.05, 0) is 32.0 Å². The van der Waals surface area contributed by atoms with E-state index in [9.17, 15) is 9.59 Å². The molecule has 0 amide bonds. The summed E-state index contributed by atoms with van der Waals surface area (Å²) in [5, 5.41) is 0. The number of ketones is 1. The topological polar surface area (TPSA) is 75.7 Å². The van der Waals surface area contributed by atoms with E-state index in [0.29, 0.717) is 16.4 Å². The molecule has 3 rings (SSSR count). The number of aromatic nitrogens is 3. The van der Waals surface area contributed by atoms with E-state index < -0.39 is 0 Å². The van der Waals surface area contributed by atoms with Gasteiger partial charge in [0.25, 0.3) is 5.56 Å². The van der Waals surface area contributed by atoms with E-state index in [-0.39, 0.29) is 11.3 Å². The molecule has 0 aliphatic carbocycles. The second-order valence-electron chi connectivity index (χ2n) is 4.90. The zero-order chi connectivity index (χ0) is 15.7. The van der Waals surface area contributed by atoms with Crippen LogP contribution in [0.3, 0.4) is 0 Å². The van der Waals surface area contributed by atoms with Gasteiger partial charge < -0.3 is 4.98 Å². The molecular weight excluding hydrogens is 298 g/mol. The average molecular weight is 311 g/mol. The monoisotopic (exact) mass is 311 g/mol. The molecule has 0 bridgehead atoms. The van der Waals surface area contributed by atoms with Crippen molar-refractivity contribution in [2.24, 2.45) is 0 Å². The van der Waals surface area contributed by atoms with Crippen molar-refractivity contribution in [3.8, 4) is 21.7 Å². The van der Waals surface area contributed by atoms with Crippen LogP contribution in [0.4, 0.5) is 0 Å². The predicted molar refractivity (Wildman–Crippen MR) is 86.1 cm³/mol. The number of aromatic amines is 1. The number of H-pyrrole nitrogens is 1. The highest BCUT2D eigenvalue weighted by Gasteiger charge is 2.09. The molecule has 0 aliphatic rings. The summed E-state index contributed by atoms with van der Waals surface area (Å²) in [5.74, 6) is 0.607. The summed E-state index contributed by atoms with van der Waals surface area (Å²) in [6.45, 7) is 3.29. The summed E-state index contributed by atoms with van der Waals surface area (Å²) in [6, 6.07) is 7.08. The van der Waals surface area contributed by atoms with Crippen LogP contribution in [-0.4, -0.2) is 20.7 Å². The Kier molecular flexibility index (Phi) is 3.68. The molecule has 1 N–H and O–H groups in total. The minimum atomic E-state index is -0.192. The quantitative estimate of drug-likeness (QED) is 0.754. The third-order valence-electron chi connectivity index (χ3n) is 3.13. The van der Waals surface area contributed by atoms with E-state index in [0.717, 1.165) is 16.0 Å². The van der Waals surface area contributed by atoms with E-state index in [1.807, 2.05) is 18.2 Å². The lowest BCUT2D eigenvalue weighted by atomic mass is 10.1. The maximum Gasteiger partial charge on any atom is 0.251 e. The molecule has 0 saturated carbocycles. The van der Waals surface area contributed by atoms with Crippen molar-refractivity contribution < 1.29 is 4.79 Å². The number of hydrogen-bond donors (Lipinski definition) is 1. The molecule has 3 aromatic rings. The predicted octanol–water partition coefficient (Wildman–Crippen LogP) is 3.07. The highest BCUT2D eigenvalue weighted by atomic mass is 32.1. The Balaban J connectivity index is 2.05. The molecule has 0 saturated heterocycles. The molecule has 6 heteroatoms. The fourth-order valence-electron chi connectivity index (χ4n) is 2.12. The standard InChI is InChI=1S/C16H13N3O2S/c1-9(20)14-3-4-15(22-14)12-5-11(7-17-8-12)13-6-16(21)19-10(2)18-13/h3-8H,1-2H3,(H,18,19,21). The molecule has 5 nitrogen and oxygen atoms in total. The third-order valence-corrected chi connectivity index (χ3v) is 4.37. The smallest absolute Gasteiger partial charge is 0.251 e. The summed E-state index contributed by atoms with van der Waals surface area (Å²) in [6.07, 6.45) is 3.41. The molecule has 0 unspecified atom stereocenters. The normalized spacial score (nSPS) is 10.6. The van der Waals surface area contributed by atoms with Crippen LogP contribution in [0.2, 0.25) is 0 Å². The van der Waals surface area contributed by atoms with Crippen LogP contribution in [0.25, 0.3) is 21.7 Å². The molecule has 0 atom stereocenters. The van der Waals surface area contributed by atoms with Crippen LogP contribution in [0.5, 0.6) is 0 Å². The van der Waals surface area contributed by atoms with Gasteiger partial charge in [0.1, 0.15) is 5.82 Å². The molecule has 0 fully saturated rings. The highest BCUT2D eigenvalue weighted by molar-refractivity contribution is 7.17. The van der Waals surface area contributed by atoms with Gasteiger partial charge in [0, 0.05) is 34.5 Å². The number of nitrogens with one attached hydrogen (secondary N) is 1. The summed E-state index contributed by atoms with van der Waals surface area (Å²) >= 11 is 1.43. The van der Waals surface area contributed by atoms with Crippen LogP contribution in [0.15, 0.2) is 41.5 Å². The van der Waals surface area contributed by atoms with Gasteiger partial charge in [-0.15, -0.1) is 11.3 Å². The average Bonchev–Trinajstić information content (AvgIpc) is 2.96. The number of aryl methyl sites for hydroxylation is 1. The molecule has 22 heavy (non-hydrogen) atoms. The summed E-state index contributed by atoms with van der Waals surface area (Å²) < 4.78 is 0. The van der Waals surface area contributed by atoms with Crippen LogP contribution in [0.1, 0.15) is 22.4 Å². The van der Waals surface area contributed by atoms with Gasteiger partial charge in [-0.25, -0.2) is 4.98 Å². The lowest BCUT2D eigenvalue weighted by molar-refractivity contribution is 0.102. The molecule has 0 radical (unpaired) electrons. The number of rotatable bonds is 3. The first-order valence-corrected chi connectivity index (χ1v) is 7.49. The van der Waals surface area contributed by atoms with Gasteiger partial charge in [-0.3, -0.25) is 14.6 Å². The van der Waals surface area contributed by atoms with Gasteiger partial charge in [-0.2, -0.15) is 0 Å². The van der Waals surface area contributed by atoms with Crippen molar-refractivity contribution >= 4 is 17.1 Å². The SMILES string of the molecule is CC(=O)c1ccc(-c2cncc(-c3cc(=O)[nH]c(C)n3)c2)s1. The lowest BCUT2D eigenvalue weighted by Gasteiger charge is -2.03. The first-order chi connectivity index (χ1) is 10.5. The van der Waals surface area contributed by atoms with Gasteiger partial charge in [0.15, 0.2) is 5.78 Å². The number of thiophene rings is 1. The zero-order valence-corrected chi connectivity index (χ0v) is 12.9. The zero-order valence-electron chi connectivity index (χ0n) is 12.1. The van der Waals surface area contributed by atoms with Crippen molar-refractivity contribution in [2.75, 3.05) is 0 Å². The number of Topliss-reactive ketones (excluding diaryl/α,β-unsaturated/α-hetero) is 1. The van der Waals surface area contributed by atoms with E-state index in [4.69, 9.17) is 0 Å². The Bertz CT molecular complexity index is 912. The summed E-state index contributed by atoms with van der Waals surface area (Å²) in [7, 11) is 0. The number of nitrogens with zero attached hydrogens (tertiary/aromatic N) is 2. The molecule has 0 aromatic carbocycles. The van der Waals surface area contributed by atoms with E-state index in [1.54, 1.807) is 26.2 Å². The molecular formula is C16H13N3O2S. The Morgan fingerprint density at radius 2 is 1.95 bits per heavy atom. The second-order valence-corrected chi connectivity index (χ2v) is 5.98. The maximum atomic E-state index is 11.6. The van der Waals surface area contributed by atoms with E-state index in [1.165, 1.54) is 17.4 Å². The minimum Gasteiger partial charge on any atom is -0.311 e. The first kappa shape index (κ1) is 14.3. The van der Waals surface area contributed by atoms with Crippen molar-refractivity contribution in [1.29, 1.82) is 0 Å². The Labute approximate surface area is 130 Å². The second kappa shape index (κ2) is 5.65. The molecule has 3 heterocycles. The van der Waals surface area contributed by atoms with E-state index >= 15 is 0 Å². The molecule has 110 valence electrons. The van der Waals surface area contributed by atoms with Crippen LogP contribution < -0.4 is 5.56 Å². The summed E-state index contributed by atoms with van der Waals surface area (Å²) in [4.78, 5) is 35.8.